The van der Waals surface area contributed by atoms with Gasteiger partial charge in [-0.2, -0.15) is 0 Å². The number of furan rings is 1. The molecule has 1 amide bonds. The van der Waals surface area contributed by atoms with Crippen LogP contribution in [0.1, 0.15) is 42.9 Å². The molecule has 0 aliphatic heterocycles. The van der Waals surface area contributed by atoms with Crippen molar-refractivity contribution in [3.8, 4) is 0 Å². The molecule has 0 atom stereocenters. The number of rotatable bonds is 8. The molecule has 0 saturated carbocycles. The molecule has 0 fully saturated rings. The average molecular weight is 302 g/mol. The van der Waals surface area contributed by atoms with E-state index >= 15 is 0 Å². The monoisotopic (exact) mass is 302 g/mol. The Balaban J connectivity index is 1.96. The SMILES string of the molecule is CCCN(CCC)C(=O)c1ccc(NCc2ccco2)nn1. The third-order valence-electron chi connectivity index (χ3n) is 3.18. The second-order valence-electron chi connectivity index (χ2n) is 5.03. The maximum Gasteiger partial charge on any atom is 0.274 e. The van der Waals surface area contributed by atoms with Gasteiger partial charge in [0, 0.05) is 13.1 Å². The van der Waals surface area contributed by atoms with Gasteiger partial charge in [0.05, 0.1) is 12.8 Å². The average Bonchev–Trinajstić information content (AvgIpc) is 3.06. The summed E-state index contributed by atoms with van der Waals surface area (Å²) in [5.41, 5.74) is 0.380. The Bertz CT molecular complexity index is 560. The summed E-state index contributed by atoms with van der Waals surface area (Å²) in [5, 5.41) is 11.2. The van der Waals surface area contributed by atoms with Crippen LogP contribution < -0.4 is 5.32 Å². The Labute approximate surface area is 130 Å². The molecule has 0 aliphatic rings. The standard InChI is InChI=1S/C16H22N4O2/c1-3-9-20(10-4-2)16(21)14-7-8-15(19-18-14)17-12-13-6-5-11-22-13/h5-8,11H,3-4,9-10,12H2,1-2H3,(H,17,19). The zero-order valence-corrected chi connectivity index (χ0v) is 13.1. The zero-order valence-electron chi connectivity index (χ0n) is 13.1. The maximum absolute atomic E-state index is 12.4. The van der Waals surface area contributed by atoms with Gasteiger partial charge in [0.25, 0.3) is 5.91 Å². The van der Waals surface area contributed by atoms with Crippen molar-refractivity contribution in [3.63, 3.8) is 0 Å². The molecule has 2 aromatic rings. The zero-order chi connectivity index (χ0) is 15.8. The highest BCUT2D eigenvalue weighted by Gasteiger charge is 2.16. The molecular formula is C16H22N4O2. The summed E-state index contributed by atoms with van der Waals surface area (Å²) in [4.78, 5) is 14.2. The van der Waals surface area contributed by atoms with Gasteiger partial charge in [-0.25, -0.2) is 0 Å². The number of hydrogen-bond acceptors (Lipinski definition) is 5. The molecule has 0 aliphatic carbocycles. The first-order valence-electron chi connectivity index (χ1n) is 7.63. The smallest absolute Gasteiger partial charge is 0.274 e. The molecule has 0 saturated heterocycles. The lowest BCUT2D eigenvalue weighted by molar-refractivity contribution is 0.0748. The summed E-state index contributed by atoms with van der Waals surface area (Å²) in [7, 11) is 0. The number of hydrogen-bond donors (Lipinski definition) is 1. The first kappa shape index (κ1) is 16.0. The van der Waals surface area contributed by atoms with Crippen LogP contribution in [-0.2, 0) is 6.54 Å². The molecule has 2 aromatic heterocycles. The Morgan fingerprint density at radius 3 is 2.50 bits per heavy atom. The largest absolute Gasteiger partial charge is 0.467 e. The van der Waals surface area contributed by atoms with Crippen molar-refractivity contribution in [2.75, 3.05) is 18.4 Å². The van der Waals surface area contributed by atoms with Crippen LogP contribution in [0.2, 0.25) is 0 Å². The van der Waals surface area contributed by atoms with Crippen LogP contribution in [0.25, 0.3) is 0 Å². The van der Waals surface area contributed by atoms with E-state index in [9.17, 15) is 4.79 Å². The van der Waals surface area contributed by atoms with E-state index in [-0.39, 0.29) is 5.91 Å². The van der Waals surface area contributed by atoms with E-state index < -0.39 is 0 Å². The van der Waals surface area contributed by atoms with E-state index in [0.717, 1.165) is 31.7 Å². The topological polar surface area (TPSA) is 71.3 Å². The molecule has 2 rings (SSSR count). The lowest BCUT2D eigenvalue weighted by atomic mass is 10.3. The van der Waals surface area contributed by atoms with Gasteiger partial charge in [0.15, 0.2) is 5.69 Å². The Hall–Kier alpha value is -2.37. The quantitative estimate of drug-likeness (QED) is 0.811. The van der Waals surface area contributed by atoms with Crippen LogP contribution in [0.3, 0.4) is 0 Å². The molecule has 0 spiro atoms. The van der Waals surface area contributed by atoms with Gasteiger partial charge < -0.3 is 14.6 Å². The van der Waals surface area contributed by atoms with Gasteiger partial charge in [-0.1, -0.05) is 13.8 Å². The van der Waals surface area contributed by atoms with Crippen LogP contribution in [0.4, 0.5) is 5.82 Å². The lowest BCUT2D eigenvalue weighted by Crippen LogP contribution is -2.33. The number of aromatic nitrogens is 2. The first-order chi connectivity index (χ1) is 10.7. The first-order valence-corrected chi connectivity index (χ1v) is 7.63. The van der Waals surface area contributed by atoms with Crippen molar-refractivity contribution in [2.45, 2.75) is 33.2 Å². The van der Waals surface area contributed by atoms with Crippen molar-refractivity contribution >= 4 is 11.7 Å². The van der Waals surface area contributed by atoms with Crippen LogP contribution >= 0.6 is 0 Å². The third kappa shape index (κ3) is 4.31. The highest BCUT2D eigenvalue weighted by atomic mass is 16.3. The second-order valence-corrected chi connectivity index (χ2v) is 5.03. The van der Waals surface area contributed by atoms with E-state index in [1.165, 1.54) is 0 Å². The molecule has 0 radical (unpaired) electrons. The third-order valence-corrected chi connectivity index (χ3v) is 3.18. The van der Waals surface area contributed by atoms with Crippen LogP contribution in [0.15, 0.2) is 34.9 Å². The molecule has 6 nitrogen and oxygen atoms in total. The van der Waals surface area contributed by atoms with Crippen molar-refractivity contribution < 1.29 is 9.21 Å². The van der Waals surface area contributed by atoms with Crippen LogP contribution in [0, 0.1) is 0 Å². The van der Waals surface area contributed by atoms with Gasteiger partial charge >= 0.3 is 0 Å². The Morgan fingerprint density at radius 2 is 1.95 bits per heavy atom. The number of carbonyl (C=O) groups excluding carboxylic acids is 1. The number of nitrogens with zero attached hydrogens (tertiary/aromatic N) is 3. The molecule has 118 valence electrons. The van der Waals surface area contributed by atoms with Gasteiger partial charge in [0.1, 0.15) is 11.6 Å². The van der Waals surface area contributed by atoms with Crippen molar-refractivity contribution in [1.29, 1.82) is 0 Å². The number of nitrogens with one attached hydrogen (secondary N) is 1. The summed E-state index contributed by atoms with van der Waals surface area (Å²) in [6.07, 6.45) is 3.49. The molecule has 1 N–H and O–H groups in total. The second kappa shape index (κ2) is 8.17. The predicted octanol–water partition coefficient (Wildman–Crippen LogP) is 2.94. The fourth-order valence-corrected chi connectivity index (χ4v) is 2.15. The van der Waals surface area contributed by atoms with Crippen molar-refractivity contribution in [2.24, 2.45) is 0 Å². The summed E-state index contributed by atoms with van der Waals surface area (Å²) in [5.74, 6) is 1.37. The maximum atomic E-state index is 12.4. The highest BCUT2D eigenvalue weighted by molar-refractivity contribution is 5.92. The van der Waals surface area contributed by atoms with Gasteiger partial charge in [-0.3, -0.25) is 4.79 Å². The Morgan fingerprint density at radius 1 is 1.18 bits per heavy atom. The van der Waals surface area contributed by atoms with Crippen molar-refractivity contribution in [1.82, 2.24) is 15.1 Å². The summed E-state index contributed by atoms with van der Waals surface area (Å²) < 4.78 is 5.23. The van der Waals surface area contributed by atoms with E-state index in [0.29, 0.717) is 18.1 Å². The molecule has 2 heterocycles. The minimum atomic E-state index is -0.0613. The van der Waals surface area contributed by atoms with Gasteiger partial charge in [0.2, 0.25) is 0 Å². The fraction of sp³-hybridized carbons (Fsp3) is 0.438. The number of amides is 1. The molecule has 22 heavy (non-hydrogen) atoms. The normalized spacial score (nSPS) is 10.5. The van der Waals surface area contributed by atoms with E-state index in [1.807, 2.05) is 17.0 Å². The molecular weight excluding hydrogens is 280 g/mol. The Kier molecular flexibility index (Phi) is 5.94. The molecule has 0 bridgehead atoms. The van der Waals surface area contributed by atoms with Crippen LogP contribution in [-0.4, -0.2) is 34.1 Å². The predicted molar refractivity (Wildman–Crippen MR) is 84.6 cm³/mol. The number of carbonyl (C=O) groups is 1. The molecule has 6 heteroatoms. The lowest BCUT2D eigenvalue weighted by Gasteiger charge is -2.20. The highest BCUT2D eigenvalue weighted by Crippen LogP contribution is 2.08. The summed E-state index contributed by atoms with van der Waals surface area (Å²) in [6.45, 7) is 6.14. The van der Waals surface area contributed by atoms with Gasteiger partial charge in [-0.15, -0.1) is 10.2 Å². The fourth-order valence-electron chi connectivity index (χ4n) is 2.15. The summed E-state index contributed by atoms with van der Waals surface area (Å²) >= 11 is 0. The number of anilines is 1. The molecule has 0 aromatic carbocycles. The van der Waals surface area contributed by atoms with E-state index in [4.69, 9.17) is 4.42 Å². The van der Waals surface area contributed by atoms with Crippen molar-refractivity contribution in [3.05, 3.63) is 42.0 Å². The minimum absolute atomic E-state index is 0.0613. The van der Waals surface area contributed by atoms with Crippen LogP contribution in [0.5, 0.6) is 0 Å². The van der Waals surface area contributed by atoms with Gasteiger partial charge in [-0.05, 0) is 37.1 Å². The van der Waals surface area contributed by atoms with E-state index in [2.05, 4.69) is 29.4 Å². The minimum Gasteiger partial charge on any atom is -0.467 e. The molecule has 0 unspecified atom stereocenters. The van der Waals surface area contributed by atoms with E-state index in [1.54, 1.807) is 18.4 Å². The summed E-state index contributed by atoms with van der Waals surface area (Å²) in [6, 6.07) is 7.18.